The van der Waals surface area contributed by atoms with E-state index in [-0.39, 0.29) is 12.2 Å². The van der Waals surface area contributed by atoms with Crippen LogP contribution in [0.5, 0.6) is 11.5 Å². The molecule has 5 aromatic carbocycles. The monoisotopic (exact) mass is 584 g/mol. The van der Waals surface area contributed by atoms with Crippen LogP contribution in [0.15, 0.2) is 109 Å². The first-order valence-corrected chi connectivity index (χ1v) is 15.4. The lowest BCUT2D eigenvalue weighted by Crippen LogP contribution is -2.28. The van der Waals surface area contributed by atoms with Crippen LogP contribution in [0.25, 0.3) is 0 Å². The fourth-order valence-electron chi connectivity index (χ4n) is 6.65. The summed E-state index contributed by atoms with van der Waals surface area (Å²) in [5.74, 6) is 0.587. The summed E-state index contributed by atoms with van der Waals surface area (Å²) in [5.41, 5.74) is 10.8. The topological polar surface area (TPSA) is 58.9 Å². The molecule has 44 heavy (non-hydrogen) atoms. The largest absolute Gasteiger partial charge is 0.508 e. The van der Waals surface area contributed by atoms with Gasteiger partial charge in [0.15, 0.2) is 6.29 Å². The number of hydrogen-bond donors (Lipinski definition) is 2. The van der Waals surface area contributed by atoms with Gasteiger partial charge in [0.1, 0.15) is 11.5 Å². The maximum Gasteiger partial charge on any atom is 0.185 e. The van der Waals surface area contributed by atoms with E-state index in [2.05, 4.69) is 69.3 Å². The van der Waals surface area contributed by atoms with E-state index in [1.54, 1.807) is 12.1 Å². The Morgan fingerprint density at radius 3 is 1.41 bits per heavy atom. The zero-order valence-corrected chi connectivity index (χ0v) is 25.7. The van der Waals surface area contributed by atoms with Crippen LogP contribution in [0.1, 0.15) is 61.9 Å². The van der Waals surface area contributed by atoms with Gasteiger partial charge in [0.05, 0.1) is 12.2 Å². The molecule has 0 bridgehead atoms. The number of rotatable bonds is 9. The maximum absolute atomic E-state index is 11.0. The molecule has 2 atom stereocenters. The van der Waals surface area contributed by atoms with Crippen molar-refractivity contribution in [2.75, 3.05) is 0 Å². The van der Waals surface area contributed by atoms with Crippen LogP contribution in [0.4, 0.5) is 0 Å². The number of aromatic hydroxyl groups is 2. The molecule has 4 nitrogen and oxygen atoms in total. The van der Waals surface area contributed by atoms with Gasteiger partial charge < -0.3 is 19.7 Å². The first-order valence-electron chi connectivity index (χ1n) is 15.4. The molecule has 0 saturated carbocycles. The van der Waals surface area contributed by atoms with E-state index < -0.39 is 6.29 Å². The summed E-state index contributed by atoms with van der Waals surface area (Å²) >= 11 is 0. The van der Waals surface area contributed by atoms with Crippen molar-refractivity contribution in [2.24, 2.45) is 0 Å². The van der Waals surface area contributed by atoms with Gasteiger partial charge in [0.25, 0.3) is 0 Å². The molecule has 0 aliphatic carbocycles. The summed E-state index contributed by atoms with van der Waals surface area (Å²) in [7, 11) is 0. The Morgan fingerprint density at radius 2 is 0.977 bits per heavy atom. The van der Waals surface area contributed by atoms with Crippen molar-refractivity contribution < 1.29 is 19.7 Å². The van der Waals surface area contributed by atoms with E-state index in [4.69, 9.17) is 9.47 Å². The van der Waals surface area contributed by atoms with Gasteiger partial charge in [0.2, 0.25) is 0 Å². The standard InChI is InChI=1S/C40H40O4/c1-26-20-27(2)39(28(3)21-26)40-43-37(24-31-16-10-18-35(41)33(31)22-29-12-6-4-7-13-29)38(44-40)25-32-17-11-19-36(42)34(32)23-30-14-8-5-9-15-30/h4-21,37-38,40-42H,22-25H2,1-3H3. The Balaban J connectivity index is 1.35. The average molecular weight is 585 g/mol. The molecule has 2 N–H and O–H groups in total. The van der Waals surface area contributed by atoms with Crippen LogP contribution in [-0.4, -0.2) is 22.4 Å². The molecule has 0 radical (unpaired) electrons. The average Bonchev–Trinajstić information content (AvgIpc) is 3.38. The highest BCUT2D eigenvalue weighted by molar-refractivity contribution is 5.45. The minimum absolute atomic E-state index is 0.261. The molecule has 1 heterocycles. The second-order valence-corrected chi connectivity index (χ2v) is 12.1. The van der Waals surface area contributed by atoms with Crippen molar-refractivity contribution in [3.05, 3.63) is 165 Å². The number of benzene rings is 5. The maximum atomic E-state index is 11.0. The quantitative estimate of drug-likeness (QED) is 0.182. The normalized spacial score (nSPS) is 18.0. The summed E-state index contributed by atoms with van der Waals surface area (Å²) in [6.45, 7) is 6.34. The Labute approximate surface area is 260 Å². The molecule has 4 heteroatoms. The van der Waals surface area contributed by atoms with Crippen molar-refractivity contribution in [2.45, 2.75) is 65.0 Å². The van der Waals surface area contributed by atoms with Gasteiger partial charge in [-0.2, -0.15) is 0 Å². The number of aryl methyl sites for hydroxylation is 3. The molecule has 5 aromatic rings. The first kappa shape index (κ1) is 29.7. The van der Waals surface area contributed by atoms with Gasteiger partial charge in [0, 0.05) is 42.4 Å². The minimum Gasteiger partial charge on any atom is -0.508 e. The summed E-state index contributed by atoms with van der Waals surface area (Å²) in [6, 6.07) is 36.3. The fraction of sp³-hybridized carbons (Fsp3) is 0.250. The van der Waals surface area contributed by atoms with E-state index in [9.17, 15) is 10.2 Å². The van der Waals surface area contributed by atoms with Gasteiger partial charge >= 0.3 is 0 Å². The third-order valence-electron chi connectivity index (χ3n) is 8.77. The lowest BCUT2D eigenvalue weighted by molar-refractivity contribution is -0.0694. The third-order valence-corrected chi connectivity index (χ3v) is 8.77. The van der Waals surface area contributed by atoms with E-state index in [0.29, 0.717) is 37.2 Å². The van der Waals surface area contributed by atoms with Gasteiger partial charge in [-0.25, -0.2) is 0 Å². The third kappa shape index (κ3) is 6.57. The molecule has 1 saturated heterocycles. The van der Waals surface area contributed by atoms with E-state index >= 15 is 0 Å². The van der Waals surface area contributed by atoms with Gasteiger partial charge in [-0.1, -0.05) is 103 Å². The van der Waals surface area contributed by atoms with Crippen molar-refractivity contribution in [1.29, 1.82) is 0 Å². The van der Waals surface area contributed by atoms with Crippen LogP contribution in [-0.2, 0) is 35.2 Å². The second kappa shape index (κ2) is 13.1. The van der Waals surface area contributed by atoms with Gasteiger partial charge in [-0.05, 0) is 66.3 Å². The fourth-order valence-corrected chi connectivity index (χ4v) is 6.65. The van der Waals surface area contributed by atoms with Gasteiger partial charge in [-0.3, -0.25) is 0 Å². The highest BCUT2D eigenvalue weighted by Crippen LogP contribution is 2.39. The van der Waals surface area contributed by atoms with Crippen LogP contribution < -0.4 is 0 Å². The molecule has 1 aliphatic heterocycles. The summed E-state index contributed by atoms with van der Waals surface area (Å²) < 4.78 is 13.6. The minimum atomic E-state index is -0.504. The molecular formula is C40H40O4. The molecular weight excluding hydrogens is 544 g/mol. The zero-order valence-electron chi connectivity index (χ0n) is 25.7. The molecule has 0 spiro atoms. The highest BCUT2D eigenvalue weighted by Gasteiger charge is 2.39. The van der Waals surface area contributed by atoms with Gasteiger partial charge in [-0.15, -0.1) is 0 Å². The molecule has 224 valence electrons. The van der Waals surface area contributed by atoms with Crippen molar-refractivity contribution in [3.8, 4) is 11.5 Å². The predicted molar refractivity (Wildman–Crippen MR) is 175 cm³/mol. The Morgan fingerprint density at radius 1 is 0.545 bits per heavy atom. The lowest BCUT2D eigenvalue weighted by atomic mass is 9.90. The molecule has 1 aliphatic rings. The first-order chi connectivity index (χ1) is 21.4. The molecule has 1 fully saturated rings. The number of ether oxygens (including phenoxy) is 2. The summed E-state index contributed by atoms with van der Waals surface area (Å²) in [4.78, 5) is 0. The summed E-state index contributed by atoms with van der Waals surface area (Å²) in [6.07, 6.45) is 1.42. The Kier molecular flexibility index (Phi) is 8.83. The SMILES string of the molecule is Cc1cc(C)c(C2OC(Cc3cccc(O)c3Cc3ccccc3)C(Cc3cccc(O)c3Cc3ccccc3)O2)c(C)c1. The van der Waals surface area contributed by atoms with Crippen LogP contribution >= 0.6 is 0 Å². The molecule has 2 unspecified atom stereocenters. The lowest BCUT2D eigenvalue weighted by Gasteiger charge is -2.21. The molecule has 6 rings (SSSR count). The number of hydrogen-bond acceptors (Lipinski definition) is 4. The molecule has 0 amide bonds. The number of phenolic OH excluding ortho intramolecular Hbond substituents is 2. The molecule has 0 aromatic heterocycles. The Hall–Kier alpha value is -4.38. The van der Waals surface area contributed by atoms with Crippen LogP contribution in [0.3, 0.4) is 0 Å². The number of phenols is 2. The van der Waals surface area contributed by atoms with E-state index in [1.165, 1.54) is 5.56 Å². The van der Waals surface area contributed by atoms with Crippen LogP contribution in [0, 0.1) is 20.8 Å². The van der Waals surface area contributed by atoms with Crippen molar-refractivity contribution in [3.63, 3.8) is 0 Å². The van der Waals surface area contributed by atoms with E-state index in [1.807, 2.05) is 48.5 Å². The second-order valence-electron chi connectivity index (χ2n) is 12.1. The van der Waals surface area contributed by atoms with Crippen molar-refractivity contribution in [1.82, 2.24) is 0 Å². The highest BCUT2D eigenvalue weighted by atomic mass is 16.7. The Bertz CT molecular complexity index is 1600. The smallest absolute Gasteiger partial charge is 0.185 e. The van der Waals surface area contributed by atoms with Crippen molar-refractivity contribution >= 4 is 0 Å². The van der Waals surface area contributed by atoms with Crippen LogP contribution in [0.2, 0.25) is 0 Å². The summed E-state index contributed by atoms with van der Waals surface area (Å²) in [5, 5.41) is 21.9. The van der Waals surface area contributed by atoms with E-state index in [0.717, 1.165) is 50.1 Å². The zero-order chi connectivity index (χ0) is 30.6. The predicted octanol–water partition coefficient (Wildman–Crippen LogP) is 8.47.